The number of aliphatic hydroxyl groups excluding tert-OH is 2. The van der Waals surface area contributed by atoms with E-state index in [9.17, 15) is 4.79 Å². The number of aliphatic hydroxyl groups is 2. The van der Waals surface area contributed by atoms with Crippen LogP contribution in [-0.2, 0) is 13.0 Å². The highest BCUT2D eigenvalue weighted by atomic mass is 32.1. The Bertz CT molecular complexity index is 936. The van der Waals surface area contributed by atoms with Crippen molar-refractivity contribution in [2.24, 2.45) is 17.1 Å². The predicted molar refractivity (Wildman–Crippen MR) is 117 cm³/mol. The minimum atomic E-state index is -0.835. The van der Waals surface area contributed by atoms with Crippen molar-refractivity contribution in [1.82, 2.24) is 0 Å². The van der Waals surface area contributed by atoms with Gasteiger partial charge >= 0.3 is 5.97 Å². The van der Waals surface area contributed by atoms with Crippen LogP contribution in [0.5, 0.6) is 5.75 Å². The summed E-state index contributed by atoms with van der Waals surface area (Å²) in [6, 6.07) is 5.65. The molecule has 3 atom stereocenters. The molecule has 1 fully saturated rings. The fraction of sp³-hybridized carbons (Fsp3) is 0.522. The van der Waals surface area contributed by atoms with Gasteiger partial charge in [-0.1, -0.05) is 26.0 Å². The standard InChI is InChI=1S/C12H14O2S.C11H17NO3/c1-5-8-6(10(15-5)11(13)14)4-7-9(8)12(7,2)3;1-8-4-9(5-12)2-3-11(8)15-7-10(14)6-13/h7,9H,4H2,1-3H3,(H,13,14);2-4,10,13-14H,5-7,12H2,1H3/t7-,9-;10-/m10/s1. The van der Waals surface area contributed by atoms with Crippen LogP contribution in [0.1, 0.15) is 56.6 Å². The Kier molecular flexibility index (Phi) is 6.57. The Morgan fingerprint density at radius 1 is 1.37 bits per heavy atom. The van der Waals surface area contributed by atoms with E-state index in [-0.39, 0.29) is 13.2 Å². The van der Waals surface area contributed by atoms with Crippen LogP contribution in [0.3, 0.4) is 0 Å². The molecule has 2 aliphatic carbocycles. The lowest BCUT2D eigenvalue weighted by Crippen LogP contribution is -2.21. The van der Waals surface area contributed by atoms with E-state index in [0.717, 1.165) is 23.1 Å². The molecule has 1 heterocycles. The molecule has 6 nitrogen and oxygen atoms in total. The van der Waals surface area contributed by atoms with Crippen LogP contribution in [0.2, 0.25) is 0 Å². The van der Waals surface area contributed by atoms with Gasteiger partial charge < -0.3 is 25.8 Å². The summed E-state index contributed by atoms with van der Waals surface area (Å²) in [5.74, 6) is 1.30. The summed E-state index contributed by atoms with van der Waals surface area (Å²) in [4.78, 5) is 12.9. The molecule has 30 heavy (non-hydrogen) atoms. The number of rotatable bonds is 6. The molecular weight excluding hydrogens is 402 g/mol. The number of thiophene rings is 1. The summed E-state index contributed by atoms with van der Waals surface area (Å²) in [5, 5.41) is 26.8. The molecule has 5 N–H and O–H groups in total. The third-order valence-electron chi connectivity index (χ3n) is 6.33. The molecule has 7 heteroatoms. The van der Waals surface area contributed by atoms with Crippen molar-refractivity contribution in [2.45, 2.75) is 52.7 Å². The van der Waals surface area contributed by atoms with Crippen LogP contribution in [0.15, 0.2) is 18.2 Å². The monoisotopic (exact) mass is 433 g/mol. The fourth-order valence-electron chi connectivity index (χ4n) is 4.54. The van der Waals surface area contributed by atoms with Gasteiger partial charge in [0.1, 0.15) is 23.3 Å². The number of carboxylic acids is 1. The van der Waals surface area contributed by atoms with Gasteiger partial charge in [-0.2, -0.15) is 0 Å². The topological polar surface area (TPSA) is 113 Å². The lowest BCUT2D eigenvalue weighted by molar-refractivity contribution is 0.0534. The molecule has 0 unspecified atom stereocenters. The average Bonchev–Trinajstić information content (AvgIpc) is 3.04. The largest absolute Gasteiger partial charge is 0.491 e. The number of aromatic carboxylic acids is 1. The van der Waals surface area contributed by atoms with Gasteiger partial charge in [-0.15, -0.1) is 11.3 Å². The van der Waals surface area contributed by atoms with Crippen molar-refractivity contribution in [2.75, 3.05) is 13.2 Å². The molecule has 0 saturated heterocycles. The first-order valence-corrected chi connectivity index (χ1v) is 11.0. The molecule has 0 bridgehead atoms. The molecule has 2 aliphatic rings. The number of carboxylic acid groups (broad SMARTS) is 1. The smallest absolute Gasteiger partial charge is 0.346 e. The maximum Gasteiger partial charge on any atom is 0.346 e. The van der Waals surface area contributed by atoms with Gasteiger partial charge in [-0.25, -0.2) is 4.79 Å². The molecule has 1 aromatic carbocycles. The summed E-state index contributed by atoms with van der Waals surface area (Å²) >= 11 is 1.46. The average molecular weight is 434 g/mol. The fourth-order valence-corrected chi connectivity index (χ4v) is 5.61. The number of ether oxygens (including phenoxy) is 1. The van der Waals surface area contributed by atoms with Crippen molar-refractivity contribution in [3.8, 4) is 5.75 Å². The highest BCUT2D eigenvalue weighted by Crippen LogP contribution is 2.71. The molecule has 0 radical (unpaired) electrons. The van der Waals surface area contributed by atoms with Gasteiger partial charge in [0.2, 0.25) is 0 Å². The zero-order valence-electron chi connectivity index (χ0n) is 17.9. The molecular formula is C23H31NO5S. The Morgan fingerprint density at radius 3 is 2.63 bits per heavy atom. The SMILES string of the molecule is Cc1cc(CN)ccc1OC[C@@H](O)CO.Cc1sc(C(=O)O)c2c1[C@H]1[C@@H](C2)C1(C)C. The molecule has 1 aromatic heterocycles. The zero-order valence-corrected chi connectivity index (χ0v) is 18.8. The van der Waals surface area contributed by atoms with Gasteiger partial charge in [-0.3, -0.25) is 0 Å². The summed E-state index contributed by atoms with van der Waals surface area (Å²) < 4.78 is 5.34. The summed E-state index contributed by atoms with van der Waals surface area (Å²) in [6.07, 6.45) is 0.150. The predicted octanol–water partition coefficient (Wildman–Crippen LogP) is 3.24. The number of benzene rings is 1. The van der Waals surface area contributed by atoms with Gasteiger partial charge in [-0.05, 0) is 65.8 Å². The second kappa shape index (κ2) is 8.67. The van der Waals surface area contributed by atoms with Crippen LogP contribution in [0, 0.1) is 25.2 Å². The highest BCUT2D eigenvalue weighted by molar-refractivity contribution is 7.14. The van der Waals surface area contributed by atoms with E-state index in [2.05, 4.69) is 20.8 Å². The van der Waals surface area contributed by atoms with Crippen molar-refractivity contribution < 1.29 is 24.9 Å². The summed E-state index contributed by atoms with van der Waals surface area (Å²) in [7, 11) is 0. The minimum absolute atomic E-state index is 0.0965. The molecule has 2 aromatic rings. The third-order valence-corrected chi connectivity index (χ3v) is 7.48. The summed E-state index contributed by atoms with van der Waals surface area (Å²) in [6.45, 7) is 8.87. The van der Waals surface area contributed by atoms with Gasteiger partial charge in [0, 0.05) is 11.4 Å². The van der Waals surface area contributed by atoms with E-state index in [1.807, 2.05) is 25.1 Å². The van der Waals surface area contributed by atoms with Crippen LogP contribution < -0.4 is 10.5 Å². The van der Waals surface area contributed by atoms with Crippen molar-refractivity contribution in [3.63, 3.8) is 0 Å². The number of fused-ring (bicyclic) bond motifs is 3. The maximum absolute atomic E-state index is 11.1. The Labute approximate surface area is 181 Å². The first-order valence-electron chi connectivity index (χ1n) is 10.2. The molecule has 4 rings (SSSR count). The normalized spacial score (nSPS) is 21.2. The lowest BCUT2D eigenvalue weighted by atomic mass is 9.95. The lowest BCUT2D eigenvalue weighted by Gasteiger charge is -2.12. The molecule has 0 aliphatic heterocycles. The number of hydrogen-bond acceptors (Lipinski definition) is 6. The van der Waals surface area contributed by atoms with Crippen LogP contribution in [-0.4, -0.2) is 40.6 Å². The number of hydrogen-bond donors (Lipinski definition) is 4. The van der Waals surface area contributed by atoms with Crippen molar-refractivity contribution >= 4 is 17.3 Å². The molecule has 0 amide bonds. The van der Waals surface area contributed by atoms with E-state index in [0.29, 0.717) is 34.4 Å². The van der Waals surface area contributed by atoms with E-state index in [4.69, 9.17) is 25.8 Å². The first-order chi connectivity index (χ1) is 14.1. The Balaban J connectivity index is 0.000000171. The number of carbonyl (C=O) groups is 1. The zero-order chi connectivity index (χ0) is 22.2. The van der Waals surface area contributed by atoms with Gasteiger partial charge in [0.15, 0.2) is 0 Å². The number of aryl methyl sites for hydroxylation is 2. The van der Waals surface area contributed by atoms with E-state index < -0.39 is 12.1 Å². The van der Waals surface area contributed by atoms with E-state index in [1.165, 1.54) is 21.8 Å². The quantitative estimate of drug-likeness (QED) is 0.556. The molecule has 1 saturated carbocycles. The molecule has 164 valence electrons. The summed E-state index contributed by atoms with van der Waals surface area (Å²) in [5.41, 5.74) is 10.4. The minimum Gasteiger partial charge on any atom is -0.491 e. The van der Waals surface area contributed by atoms with Gasteiger partial charge in [0.25, 0.3) is 0 Å². The second-order valence-electron chi connectivity index (χ2n) is 8.75. The second-order valence-corrected chi connectivity index (χ2v) is 9.97. The third kappa shape index (κ3) is 4.25. The van der Waals surface area contributed by atoms with E-state index in [1.54, 1.807) is 0 Å². The maximum atomic E-state index is 11.1. The van der Waals surface area contributed by atoms with Gasteiger partial charge in [0.05, 0.1) is 6.61 Å². The number of nitrogens with two attached hydrogens (primary N) is 1. The van der Waals surface area contributed by atoms with Crippen molar-refractivity contribution in [1.29, 1.82) is 0 Å². The highest BCUT2D eigenvalue weighted by Gasteiger charge is 2.63. The van der Waals surface area contributed by atoms with Crippen LogP contribution in [0.25, 0.3) is 0 Å². The Morgan fingerprint density at radius 2 is 2.07 bits per heavy atom. The first kappa shape index (κ1) is 22.7. The van der Waals surface area contributed by atoms with Crippen LogP contribution >= 0.6 is 11.3 Å². The molecule has 0 spiro atoms. The van der Waals surface area contributed by atoms with Crippen molar-refractivity contribution in [3.05, 3.63) is 50.2 Å². The van der Waals surface area contributed by atoms with Crippen LogP contribution in [0.4, 0.5) is 0 Å². The Hall–Kier alpha value is -1.93. The van der Waals surface area contributed by atoms with E-state index >= 15 is 0 Å².